The van der Waals surface area contributed by atoms with Crippen LogP contribution in [0.3, 0.4) is 0 Å². The Balaban J connectivity index is 2.64. The molecule has 0 saturated heterocycles. The van der Waals surface area contributed by atoms with Crippen LogP contribution in [0.15, 0.2) is 16.5 Å². The van der Waals surface area contributed by atoms with Crippen molar-refractivity contribution < 1.29 is 4.42 Å². The summed E-state index contributed by atoms with van der Waals surface area (Å²) in [6.45, 7) is 11.8. The zero-order valence-electron chi connectivity index (χ0n) is 9.87. The number of aryl methyl sites for hydroxylation is 1. The van der Waals surface area contributed by atoms with E-state index in [0.717, 1.165) is 18.1 Å². The van der Waals surface area contributed by atoms with Crippen LogP contribution < -0.4 is 0 Å². The van der Waals surface area contributed by atoms with Gasteiger partial charge in [-0.05, 0) is 46.8 Å². The van der Waals surface area contributed by atoms with Crippen LogP contribution in [-0.2, 0) is 6.54 Å². The first-order chi connectivity index (χ1) is 6.50. The van der Waals surface area contributed by atoms with Gasteiger partial charge in [-0.3, -0.25) is 4.90 Å². The Morgan fingerprint density at radius 1 is 1.14 bits per heavy atom. The van der Waals surface area contributed by atoms with Crippen molar-refractivity contribution in [1.29, 1.82) is 0 Å². The fourth-order valence-corrected chi connectivity index (χ4v) is 1.71. The predicted molar refractivity (Wildman–Crippen MR) is 59.3 cm³/mol. The second-order valence-corrected chi connectivity index (χ2v) is 4.37. The lowest BCUT2D eigenvalue weighted by Gasteiger charge is -2.29. The molecule has 1 aromatic rings. The molecule has 0 amide bonds. The molecule has 2 nitrogen and oxygen atoms in total. The molecule has 0 saturated carbocycles. The fourth-order valence-electron chi connectivity index (χ4n) is 1.71. The molecular weight excluding hydrogens is 174 g/mol. The molecule has 0 aromatic carbocycles. The van der Waals surface area contributed by atoms with Gasteiger partial charge in [-0.1, -0.05) is 0 Å². The molecule has 0 aliphatic carbocycles. The van der Waals surface area contributed by atoms with Crippen LogP contribution >= 0.6 is 0 Å². The molecule has 0 aliphatic heterocycles. The standard InChI is InChI=1S/C12H21NO/c1-9(2)13(10(3)4)8-12-7-6-11(5)14-12/h6-7,9-10H,8H2,1-5H3. The van der Waals surface area contributed by atoms with E-state index in [1.807, 2.05) is 13.0 Å². The molecule has 80 valence electrons. The molecule has 0 radical (unpaired) electrons. The summed E-state index contributed by atoms with van der Waals surface area (Å²) in [6, 6.07) is 5.20. The van der Waals surface area contributed by atoms with Gasteiger partial charge in [-0.15, -0.1) is 0 Å². The summed E-state index contributed by atoms with van der Waals surface area (Å²) in [7, 11) is 0. The third kappa shape index (κ3) is 2.88. The van der Waals surface area contributed by atoms with E-state index in [1.165, 1.54) is 0 Å². The van der Waals surface area contributed by atoms with Crippen molar-refractivity contribution >= 4 is 0 Å². The van der Waals surface area contributed by atoms with Crippen molar-refractivity contribution in [3.05, 3.63) is 23.7 Å². The maximum Gasteiger partial charge on any atom is 0.118 e. The first-order valence-corrected chi connectivity index (χ1v) is 5.31. The van der Waals surface area contributed by atoms with Crippen molar-refractivity contribution in [1.82, 2.24) is 4.90 Å². The van der Waals surface area contributed by atoms with Gasteiger partial charge in [0.1, 0.15) is 11.5 Å². The molecule has 1 aromatic heterocycles. The molecule has 0 atom stereocenters. The van der Waals surface area contributed by atoms with Gasteiger partial charge in [-0.2, -0.15) is 0 Å². The smallest absolute Gasteiger partial charge is 0.118 e. The third-order valence-corrected chi connectivity index (χ3v) is 2.46. The Kier molecular flexibility index (Phi) is 3.76. The summed E-state index contributed by atoms with van der Waals surface area (Å²) in [6.07, 6.45) is 0. The minimum Gasteiger partial charge on any atom is -0.465 e. The monoisotopic (exact) mass is 195 g/mol. The lowest BCUT2D eigenvalue weighted by atomic mass is 10.2. The topological polar surface area (TPSA) is 16.4 Å². The molecular formula is C12H21NO. The molecule has 0 N–H and O–H groups in total. The van der Waals surface area contributed by atoms with Crippen molar-refractivity contribution in [2.75, 3.05) is 0 Å². The maximum absolute atomic E-state index is 5.57. The summed E-state index contributed by atoms with van der Waals surface area (Å²) in [5, 5.41) is 0. The van der Waals surface area contributed by atoms with Crippen LogP contribution in [-0.4, -0.2) is 17.0 Å². The largest absolute Gasteiger partial charge is 0.465 e. The van der Waals surface area contributed by atoms with Gasteiger partial charge >= 0.3 is 0 Å². The number of nitrogens with zero attached hydrogens (tertiary/aromatic N) is 1. The van der Waals surface area contributed by atoms with E-state index in [4.69, 9.17) is 4.42 Å². The molecule has 0 spiro atoms. The number of rotatable bonds is 4. The Morgan fingerprint density at radius 2 is 1.71 bits per heavy atom. The lowest BCUT2D eigenvalue weighted by molar-refractivity contribution is 0.152. The summed E-state index contributed by atoms with van der Waals surface area (Å²) in [4.78, 5) is 2.41. The van der Waals surface area contributed by atoms with Gasteiger partial charge in [0, 0.05) is 12.1 Å². The molecule has 14 heavy (non-hydrogen) atoms. The molecule has 0 unspecified atom stereocenters. The molecule has 1 rings (SSSR count). The molecule has 1 heterocycles. The maximum atomic E-state index is 5.57. The van der Waals surface area contributed by atoms with E-state index < -0.39 is 0 Å². The fraction of sp³-hybridized carbons (Fsp3) is 0.667. The Hall–Kier alpha value is -0.760. The van der Waals surface area contributed by atoms with E-state index in [-0.39, 0.29) is 0 Å². The van der Waals surface area contributed by atoms with E-state index in [1.54, 1.807) is 0 Å². The second-order valence-electron chi connectivity index (χ2n) is 4.37. The van der Waals surface area contributed by atoms with Crippen molar-refractivity contribution in [3.63, 3.8) is 0 Å². The van der Waals surface area contributed by atoms with Crippen molar-refractivity contribution in [3.8, 4) is 0 Å². The molecule has 0 fully saturated rings. The minimum absolute atomic E-state index is 0.556. The van der Waals surface area contributed by atoms with Crippen LogP contribution in [0.5, 0.6) is 0 Å². The number of hydrogen-bond acceptors (Lipinski definition) is 2. The minimum atomic E-state index is 0.556. The highest BCUT2D eigenvalue weighted by atomic mass is 16.3. The van der Waals surface area contributed by atoms with Crippen LogP contribution in [0.25, 0.3) is 0 Å². The van der Waals surface area contributed by atoms with Crippen LogP contribution in [0, 0.1) is 6.92 Å². The number of furan rings is 1. The SMILES string of the molecule is Cc1ccc(CN(C(C)C)C(C)C)o1. The second kappa shape index (κ2) is 4.65. The van der Waals surface area contributed by atoms with Gasteiger partial charge in [0.2, 0.25) is 0 Å². The highest BCUT2D eigenvalue weighted by Crippen LogP contribution is 2.14. The number of hydrogen-bond donors (Lipinski definition) is 0. The quantitative estimate of drug-likeness (QED) is 0.733. The van der Waals surface area contributed by atoms with Crippen molar-refractivity contribution in [2.45, 2.75) is 53.2 Å². The predicted octanol–water partition coefficient (Wildman–Crippen LogP) is 3.21. The Bertz CT molecular complexity index is 268. The van der Waals surface area contributed by atoms with Gasteiger partial charge < -0.3 is 4.42 Å². The average Bonchev–Trinajstić information content (AvgIpc) is 2.46. The van der Waals surface area contributed by atoms with E-state index in [2.05, 4.69) is 38.7 Å². The van der Waals surface area contributed by atoms with Crippen LogP contribution in [0.4, 0.5) is 0 Å². The zero-order chi connectivity index (χ0) is 10.7. The molecule has 0 bridgehead atoms. The average molecular weight is 195 g/mol. The van der Waals surface area contributed by atoms with E-state index >= 15 is 0 Å². The normalized spacial score (nSPS) is 12.0. The van der Waals surface area contributed by atoms with E-state index in [0.29, 0.717) is 12.1 Å². The first kappa shape index (κ1) is 11.3. The van der Waals surface area contributed by atoms with E-state index in [9.17, 15) is 0 Å². The Morgan fingerprint density at radius 3 is 2.07 bits per heavy atom. The van der Waals surface area contributed by atoms with Gasteiger partial charge in [0.15, 0.2) is 0 Å². The van der Waals surface area contributed by atoms with Gasteiger partial charge in [0.25, 0.3) is 0 Å². The lowest BCUT2D eigenvalue weighted by Crippen LogP contribution is -2.36. The van der Waals surface area contributed by atoms with Crippen LogP contribution in [0.2, 0.25) is 0 Å². The Labute approximate surface area is 86.9 Å². The van der Waals surface area contributed by atoms with Crippen LogP contribution in [0.1, 0.15) is 39.2 Å². The highest BCUT2D eigenvalue weighted by molar-refractivity contribution is 5.05. The molecule has 2 heteroatoms. The zero-order valence-corrected chi connectivity index (χ0v) is 9.87. The first-order valence-electron chi connectivity index (χ1n) is 5.31. The summed E-state index contributed by atoms with van der Waals surface area (Å²) < 4.78 is 5.57. The summed E-state index contributed by atoms with van der Waals surface area (Å²) in [5.74, 6) is 2.05. The summed E-state index contributed by atoms with van der Waals surface area (Å²) >= 11 is 0. The summed E-state index contributed by atoms with van der Waals surface area (Å²) in [5.41, 5.74) is 0. The van der Waals surface area contributed by atoms with Gasteiger partial charge in [-0.25, -0.2) is 0 Å². The van der Waals surface area contributed by atoms with Crippen molar-refractivity contribution in [2.24, 2.45) is 0 Å². The van der Waals surface area contributed by atoms with Gasteiger partial charge in [0.05, 0.1) is 6.54 Å². The third-order valence-electron chi connectivity index (χ3n) is 2.46. The molecule has 0 aliphatic rings. The highest BCUT2D eigenvalue weighted by Gasteiger charge is 2.14.